The molecule has 1 heterocycles. The van der Waals surface area contributed by atoms with Gasteiger partial charge in [0.25, 0.3) is 0 Å². The second-order valence-electron chi connectivity index (χ2n) is 5.56. The highest BCUT2D eigenvalue weighted by Gasteiger charge is 2.26. The molecule has 3 nitrogen and oxygen atoms in total. The van der Waals surface area contributed by atoms with Gasteiger partial charge in [0.15, 0.2) is 5.78 Å². The Morgan fingerprint density at radius 2 is 2.05 bits per heavy atom. The van der Waals surface area contributed by atoms with Crippen LogP contribution in [0.3, 0.4) is 0 Å². The lowest BCUT2D eigenvalue weighted by molar-refractivity contribution is 0.103. The van der Waals surface area contributed by atoms with E-state index in [2.05, 4.69) is 11.2 Å². The predicted molar refractivity (Wildman–Crippen MR) is 79.1 cm³/mol. The molecule has 0 spiro atoms. The summed E-state index contributed by atoms with van der Waals surface area (Å²) in [6, 6.07) is 8.06. The monoisotopic (exact) mass is 268 g/mol. The number of hydrogen-bond acceptors (Lipinski definition) is 2. The van der Waals surface area contributed by atoms with E-state index in [1.165, 1.54) is 24.8 Å². The number of carbonyl (C=O) groups is 1. The van der Waals surface area contributed by atoms with E-state index in [1.807, 2.05) is 38.4 Å². The molecule has 0 N–H and O–H groups in total. The zero-order valence-electron chi connectivity index (χ0n) is 12.1. The van der Waals surface area contributed by atoms with Crippen molar-refractivity contribution in [2.24, 2.45) is 7.05 Å². The summed E-state index contributed by atoms with van der Waals surface area (Å²) in [5.41, 5.74) is 3.72. The summed E-state index contributed by atoms with van der Waals surface area (Å²) in [6.45, 7) is 2.04. The Hall–Kier alpha value is -1.90. The molecule has 0 amide bonds. The first-order chi connectivity index (χ1) is 9.70. The van der Waals surface area contributed by atoms with Gasteiger partial charge in [-0.05, 0) is 30.7 Å². The fourth-order valence-corrected chi connectivity index (χ4v) is 2.91. The van der Waals surface area contributed by atoms with Crippen molar-refractivity contribution in [1.29, 1.82) is 0 Å². The van der Waals surface area contributed by atoms with E-state index in [0.717, 1.165) is 23.2 Å². The number of rotatable bonds is 4. The van der Waals surface area contributed by atoms with Crippen molar-refractivity contribution < 1.29 is 4.79 Å². The molecular weight excluding hydrogens is 248 g/mol. The van der Waals surface area contributed by atoms with Crippen LogP contribution >= 0.6 is 0 Å². The Labute approximate surface area is 119 Å². The Morgan fingerprint density at radius 3 is 2.70 bits per heavy atom. The van der Waals surface area contributed by atoms with Crippen LogP contribution in [0.4, 0.5) is 0 Å². The van der Waals surface area contributed by atoms with Gasteiger partial charge in [-0.15, -0.1) is 0 Å². The Morgan fingerprint density at radius 1 is 1.30 bits per heavy atom. The average molecular weight is 268 g/mol. The first-order valence-electron chi connectivity index (χ1n) is 7.37. The molecule has 3 heteroatoms. The Kier molecular flexibility index (Phi) is 3.43. The lowest BCUT2D eigenvalue weighted by Crippen LogP contribution is -2.14. The van der Waals surface area contributed by atoms with Crippen LogP contribution in [0.25, 0.3) is 0 Å². The van der Waals surface area contributed by atoms with Crippen molar-refractivity contribution in [2.75, 3.05) is 0 Å². The normalized spacial score (nSPS) is 15.1. The van der Waals surface area contributed by atoms with Gasteiger partial charge < -0.3 is 0 Å². The lowest BCUT2D eigenvalue weighted by atomic mass is 9.77. The van der Waals surface area contributed by atoms with Crippen LogP contribution in [-0.2, 0) is 13.5 Å². The highest BCUT2D eigenvalue weighted by molar-refractivity contribution is 6.10. The van der Waals surface area contributed by atoms with Crippen molar-refractivity contribution in [3.63, 3.8) is 0 Å². The second kappa shape index (κ2) is 5.23. The van der Waals surface area contributed by atoms with E-state index >= 15 is 0 Å². The third-order valence-electron chi connectivity index (χ3n) is 4.24. The minimum absolute atomic E-state index is 0.123. The van der Waals surface area contributed by atoms with Crippen LogP contribution in [0, 0.1) is 0 Å². The molecular formula is C17H20N2O. The molecule has 0 unspecified atom stereocenters. The summed E-state index contributed by atoms with van der Waals surface area (Å²) >= 11 is 0. The fraction of sp³-hybridized carbons (Fsp3) is 0.412. The molecule has 0 aliphatic heterocycles. The molecule has 1 saturated carbocycles. The Balaban J connectivity index is 2.01. The van der Waals surface area contributed by atoms with E-state index in [1.54, 1.807) is 4.68 Å². The molecule has 104 valence electrons. The average Bonchev–Trinajstić information content (AvgIpc) is 2.78. The topological polar surface area (TPSA) is 34.9 Å². The van der Waals surface area contributed by atoms with Crippen LogP contribution in [0.1, 0.15) is 59.3 Å². The number of carbonyl (C=O) groups excluding carboxylic acids is 1. The summed E-state index contributed by atoms with van der Waals surface area (Å²) < 4.78 is 1.73. The second-order valence-corrected chi connectivity index (χ2v) is 5.56. The third kappa shape index (κ3) is 2.17. The summed E-state index contributed by atoms with van der Waals surface area (Å²) in [5.74, 6) is 0.689. The Bertz CT molecular complexity index is 638. The van der Waals surface area contributed by atoms with Crippen LogP contribution in [-0.4, -0.2) is 15.6 Å². The van der Waals surface area contributed by atoms with Crippen LogP contribution in [0.2, 0.25) is 0 Å². The highest BCUT2D eigenvalue weighted by atomic mass is 16.1. The zero-order chi connectivity index (χ0) is 14.1. The van der Waals surface area contributed by atoms with Gasteiger partial charge in [0.05, 0.1) is 11.3 Å². The summed E-state index contributed by atoms with van der Waals surface area (Å²) in [4.78, 5) is 12.9. The number of ketones is 1. The molecule has 0 radical (unpaired) electrons. The standard InChI is InChI=1S/C17H20N2O/c1-3-16-15(11-19(2)18-16)17(20)14-10-5-4-9-13(14)12-7-6-8-12/h4-5,9-12H,3,6-8H2,1-2H3. The smallest absolute Gasteiger partial charge is 0.196 e. The number of aryl methyl sites for hydroxylation is 2. The van der Waals surface area contributed by atoms with E-state index in [0.29, 0.717) is 5.92 Å². The minimum atomic E-state index is 0.123. The van der Waals surface area contributed by atoms with Crippen molar-refractivity contribution in [3.8, 4) is 0 Å². The first-order valence-corrected chi connectivity index (χ1v) is 7.37. The number of aromatic nitrogens is 2. The summed E-state index contributed by atoms with van der Waals surface area (Å²) in [7, 11) is 1.87. The van der Waals surface area contributed by atoms with Gasteiger partial charge in [0, 0.05) is 18.8 Å². The van der Waals surface area contributed by atoms with E-state index in [4.69, 9.17) is 0 Å². The van der Waals surface area contributed by atoms with Gasteiger partial charge in [-0.2, -0.15) is 5.10 Å². The summed E-state index contributed by atoms with van der Waals surface area (Å²) in [6.07, 6.45) is 6.32. The quantitative estimate of drug-likeness (QED) is 0.796. The number of benzene rings is 1. The van der Waals surface area contributed by atoms with Gasteiger partial charge in [-0.25, -0.2) is 0 Å². The molecule has 20 heavy (non-hydrogen) atoms. The van der Waals surface area contributed by atoms with Crippen molar-refractivity contribution in [2.45, 2.75) is 38.5 Å². The first kappa shape index (κ1) is 13.1. The molecule has 1 aromatic heterocycles. The van der Waals surface area contributed by atoms with Crippen LogP contribution < -0.4 is 0 Å². The SMILES string of the molecule is CCc1nn(C)cc1C(=O)c1ccccc1C1CCC1. The highest BCUT2D eigenvalue weighted by Crippen LogP contribution is 2.38. The van der Waals surface area contributed by atoms with Crippen molar-refractivity contribution in [3.05, 3.63) is 52.8 Å². The molecule has 0 bridgehead atoms. The van der Waals surface area contributed by atoms with Gasteiger partial charge in [-0.3, -0.25) is 9.48 Å². The summed E-state index contributed by atoms with van der Waals surface area (Å²) in [5, 5.41) is 4.38. The fourth-order valence-electron chi connectivity index (χ4n) is 2.91. The van der Waals surface area contributed by atoms with Crippen molar-refractivity contribution >= 4 is 5.78 Å². The maximum absolute atomic E-state index is 12.9. The van der Waals surface area contributed by atoms with Gasteiger partial charge >= 0.3 is 0 Å². The number of nitrogens with zero attached hydrogens (tertiary/aromatic N) is 2. The largest absolute Gasteiger partial charge is 0.288 e. The van der Waals surface area contributed by atoms with Gasteiger partial charge in [0.1, 0.15) is 0 Å². The van der Waals surface area contributed by atoms with Crippen molar-refractivity contribution in [1.82, 2.24) is 9.78 Å². The molecule has 1 aliphatic rings. The van der Waals surface area contributed by atoms with Crippen LogP contribution in [0.15, 0.2) is 30.5 Å². The molecule has 1 fully saturated rings. The molecule has 1 aromatic carbocycles. The molecule has 0 atom stereocenters. The van der Waals surface area contributed by atoms with E-state index < -0.39 is 0 Å². The third-order valence-corrected chi connectivity index (χ3v) is 4.24. The maximum atomic E-state index is 12.9. The van der Waals surface area contributed by atoms with Crippen LogP contribution in [0.5, 0.6) is 0 Å². The minimum Gasteiger partial charge on any atom is -0.288 e. The predicted octanol–water partition coefficient (Wildman–Crippen LogP) is 3.48. The van der Waals surface area contributed by atoms with E-state index in [9.17, 15) is 4.79 Å². The maximum Gasteiger partial charge on any atom is 0.196 e. The van der Waals surface area contributed by atoms with Gasteiger partial charge in [-0.1, -0.05) is 37.6 Å². The molecule has 3 rings (SSSR count). The zero-order valence-corrected chi connectivity index (χ0v) is 12.1. The lowest BCUT2D eigenvalue weighted by Gasteiger charge is -2.27. The van der Waals surface area contributed by atoms with E-state index in [-0.39, 0.29) is 5.78 Å². The molecule has 0 saturated heterocycles. The van der Waals surface area contributed by atoms with Gasteiger partial charge in [0.2, 0.25) is 0 Å². The molecule has 1 aliphatic carbocycles. The molecule has 2 aromatic rings. The number of hydrogen-bond donors (Lipinski definition) is 0.